The molecule has 32 heavy (non-hydrogen) atoms. The number of ether oxygens (including phenoxy) is 4. The summed E-state index contributed by atoms with van der Waals surface area (Å²) in [6.07, 6.45) is -0.606. The highest BCUT2D eigenvalue weighted by Crippen LogP contribution is 2.33. The molecule has 1 unspecified atom stereocenters. The van der Waals surface area contributed by atoms with E-state index in [9.17, 15) is 5.11 Å². The van der Waals surface area contributed by atoms with E-state index in [-0.39, 0.29) is 13.4 Å². The third-order valence-corrected chi connectivity index (χ3v) is 5.30. The Labute approximate surface area is 188 Å². The van der Waals surface area contributed by atoms with E-state index in [1.54, 1.807) is 7.11 Å². The number of methoxy groups -OCH3 is 1. The van der Waals surface area contributed by atoms with Gasteiger partial charge in [-0.1, -0.05) is 48.5 Å². The van der Waals surface area contributed by atoms with E-state index in [1.807, 2.05) is 72.8 Å². The van der Waals surface area contributed by atoms with Crippen molar-refractivity contribution < 1.29 is 24.1 Å². The lowest BCUT2D eigenvalue weighted by molar-refractivity contribution is 0.00712. The fourth-order valence-corrected chi connectivity index (χ4v) is 3.71. The summed E-state index contributed by atoms with van der Waals surface area (Å²) in [5.74, 6) is 2.36. The fraction of sp³-hybridized carbons (Fsp3) is 0.308. The van der Waals surface area contributed by atoms with Gasteiger partial charge in [-0.2, -0.15) is 0 Å². The first-order valence-corrected chi connectivity index (χ1v) is 10.7. The van der Waals surface area contributed by atoms with E-state index >= 15 is 0 Å². The number of hydrogen-bond acceptors (Lipinski definition) is 6. The van der Waals surface area contributed by atoms with E-state index in [0.717, 1.165) is 33.9 Å². The number of nitrogens with zero attached hydrogens (tertiary/aromatic N) is 1. The number of benzene rings is 3. The molecule has 1 atom stereocenters. The van der Waals surface area contributed by atoms with Gasteiger partial charge in [0.1, 0.15) is 5.75 Å². The maximum atomic E-state index is 10.7. The molecule has 1 aliphatic heterocycles. The van der Waals surface area contributed by atoms with Crippen LogP contribution in [0.1, 0.15) is 16.7 Å². The van der Waals surface area contributed by atoms with Gasteiger partial charge in [0, 0.05) is 19.6 Å². The number of fused-ring (bicyclic) bond motifs is 1. The second kappa shape index (κ2) is 11.0. The molecule has 3 aromatic rings. The molecule has 1 heterocycles. The molecule has 6 nitrogen and oxygen atoms in total. The average Bonchev–Trinajstić information content (AvgIpc) is 3.28. The van der Waals surface area contributed by atoms with Gasteiger partial charge in [-0.3, -0.25) is 4.90 Å². The number of hydrogen-bond donors (Lipinski definition) is 1. The first kappa shape index (κ1) is 22.1. The first-order chi connectivity index (χ1) is 15.7. The second-order valence-electron chi connectivity index (χ2n) is 7.86. The van der Waals surface area contributed by atoms with Crippen molar-refractivity contribution in [3.8, 4) is 17.2 Å². The first-order valence-electron chi connectivity index (χ1n) is 10.7. The molecule has 168 valence electrons. The molecule has 6 heteroatoms. The highest BCUT2D eigenvalue weighted by molar-refractivity contribution is 5.44. The van der Waals surface area contributed by atoms with Gasteiger partial charge in [-0.15, -0.1) is 0 Å². The monoisotopic (exact) mass is 435 g/mol. The lowest BCUT2D eigenvalue weighted by Gasteiger charge is -2.25. The molecule has 3 aromatic carbocycles. The predicted octanol–water partition coefficient (Wildman–Crippen LogP) is 4.00. The summed E-state index contributed by atoms with van der Waals surface area (Å²) < 4.78 is 21.9. The minimum absolute atomic E-state index is 0.256. The van der Waals surface area contributed by atoms with Gasteiger partial charge < -0.3 is 24.1 Å². The Morgan fingerprint density at radius 1 is 0.875 bits per heavy atom. The summed E-state index contributed by atoms with van der Waals surface area (Å²) in [6.45, 7) is 2.85. The molecule has 0 aromatic heterocycles. The molecule has 0 fully saturated rings. The van der Waals surface area contributed by atoms with Crippen LogP contribution in [0, 0.1) is 0 Å². The standard InChI is InChI=1S/C26H29NO5/c1-29-24-10-7-20(8-11-24)14-27(15-22-9-12-25-26(13-22)32-19-31-25)16-23(28)18-30-17-21-5-3-2-4-6-21/h2-13,23,28H,14-19H2,1H3. The van der Waals surface area contributed by atoms with E-state index in [4.69, 9.17) is 18.9 Å². The van der Waals surface area contributed by atoms with Crippen LogP contribution in [-0.4, -0.2) is 43.2 Å². The maximum Gasteiger partial charge on any atom is 0.231 e. The summed E-state index contributed by atoms with van der Waals surface area (Å²) in [5, 5.41) is 10.7. The summed E-state index contributed by atoms with van der Waals surface area (Å²) in [5.41, 5.74) is 3.33. The molecular weight excluding hydrogens is 406 g/mol. The van der Waals surface area contributed by atoms with Crippen molar-refractivity contribution in [2.24, 2.45) is 0 Å². The predicted molar refractivity (Wildman–Crippen MR) is 122 cm³/mol. The van der Waals surface area contributed by atoms with Crippen LogP contribution in [0.3, 0.4) is 0 Å². The van der Waals surface area contributed by atoms with Gasteiger partial charge in [-0.25, -0.2) is 0 Å². The van der Waals surface area contributed by atoms with Gasteiger partial charge in [0.2, 0.25) is 6.79 Å². The van der Waals surface area contributed by atoms with E-state index < -0.39 is 6.10 Å². The quantitative estimate of drug-likeness (QED) is 0.491. The summed E-state index contributed by atoms with van der Waals surface area (Å²) >= 11 is 0. The minimum Gasteiger partial charge on any atom is -0.497 e. The van der Waals surface area contributed by atoms with Crippen molar-refractivity contribution in [1.29, 1.82) is 0 Å². The summed E-state index contributed by atoms with van der Waals surface area (Å²) in [7, 11) is 1.66. The molecule has 0 radical (unpaired) electrons. The zero-order chi connectivity index (χ0) is 22.2. The normalized spacial score (nSPS) is 13.3. The van der Waals surface area contributed by atoms with Gasteiger partial charge in [-0.05, 0) is 41.0 Å². The number of aliphatic hydroxyl groups is 1. The van der Waals surface area contributed by atoms with Crippen molar-refractivity contribution in [2.75, 3.05) is 27.1 Å². The highest BCUT2D eigenvalue weighted by atomic mass is 16.7. The lowest BCUT2D eigenvalue weighted by Crippen LogP contribution is -2.34. The smallest absolute Gasteiger partial charge is 0.231 e. The largest absolute Gasteiger partial charge is 0.497 e. The van der Waals surface area contributed by atoms with Gasteiger partial charge >= 0.3 is 0 Å². The van der Waals surface area contributed by atoms with Gasteiger partial charge in [0.15, 0.2) is 11.5 Å². The Bertz CT molecular complexity index is 977. The minimum atomic E-state index is -0.606. The van der Waals surface area contributed by atoms with Crippen LogP contribution in [0.5, 0.6) is 17.2 Å². The average molecular weight is 436 g/mol. The van der Waals surface area contributed by atoms with Crippen molar-refractivity contribution in [2.45, 2.75) is 25.8 Å². The van der Waals surface area contributed by atoms with Crippen LogP contribution in [-0.2, 0) is 24.4 Å². The molecule has 1 aliphatic rings. The van der Waals surface area contributed by atoms with Crippen molar-refractivity contribution in [3.05, 3.63) is 89.5 Å². The van der Waals surface area contributed by atoms with E-state index in [1.165, 1.54) is 0 Å². The zero-order valence-electron chi connectivity index (χ0n) is 18.3. The molecular formula is C26H29NO5. The molecule has 1 N–H and O–H groups in total. The third-order valence-electron chi connectivity index (χ3n) is 5.30. The van der Waals surface area contributed by atoms with E-state index in [2.05, 4.69) is 4.90 Å². The van der Waals surface area contributed by atoms with Gasteiger partial charge in [0.05, 0.1) is 26.4 Å². The number of aliphatic hydroxyl groups excluding tert-OH is 1. The van der Waals surface area contributed by atoms with Gasteiger partial charge in [0.25, 0.3) is 0 Å². The van der Waals surface area contributed by atoms with E-state index in [0.29, 0.717) is 26.2 Å². The molecule has 0 spiro atoms. The van der Waals surface area contributed by atoms with Crippen LogP contribution in [0.2, 0.25) is 0 Å². The Balaban J connectivity index is 1.38. The molecule has 0 amide bonds. The summed E-state index contributed by atoms with van der Waals surface area (Å²) in [6, 6.07) is 23.9. The zero-order valence-corrected chi connectivity index (χ0v) is 18.3. The molecule has 0 aliphatic carbocycles. The van der Waals surface area contributed by atoms with Crippen LogP contribution in [0.4, 0.5) is 0 Å². The summed E-state index contributed by atoms with van der Waals surface area (Å²) in [4.78, 5) is 2.20. The Kier molecular flexibility index (Phi) is 7.61. The second-order valence-corrected chi connectivity index (χ2v) is 7.86. The molecule has 0 saturated heterocycles. The van der Waals surface area contributed by atoms with Crippen LogP contribution < -0.4 is 14.2 Å². The topological polar surface area (TPSA) is 60.4 Å². The Morgan fingerprint density at radius 2 is 1.59 bits per heavy atom. The van der Waals surface area contributed by atoms with Crippen molar-refractivity contribution in [3.63, 3.8) is 0 Å². The Hall–Kier alpha value is -3.06. The van der Waals surface area contributed by atoms with Crippen molar-refractivity contribution >= 4 is 0 Å². The molecule has 0 saturated carbocycles. The Morgan fingerprint density at radius 3 is 2.38 bits per heavy atom. The van der Waals surface area contributed by atoms with Crippen LogP contribution in [0.15, 0.2) is 72.8 Å². The molecule has 0 bridgehead atoms. The SMILES string of the molecule is COc1ccc(CN(Cc2ccc3c(c2)OCO3)CC(O)COCc2ccccc2)cc1. The fourth-order valence-electron chi connectivity index (χ4n) is 3.71. The van der Waals surface area contributed by atoms with Crippen molar-refractivity contribution in [1.82, 2.24) is 4.90 Å². The number of rotatable bonds is 11. The lowest BCUT2D eigenvalue weighted by atomic mass is 10.1. The third kappa shape index (κ3) is 6.23. The molecule has 4 rings (SSSR count). The highest BCUT2D eigenvalue weighted by Gasteiger charge is 2.17. The van der Waals surface area contributed by atoms with Crippen LogP contribution >= 0.6 is 0 Å². The maximum absolute atomic E-state index is 10.7. The van der Waals surface area contributed by atoms with Crippen LogP contribution in [0.25, 0.3) is 0 Å².